The average molecular weight is 245 g/mol. The molecular formula is C11H19NO5. The first-order chi connectivity index (χ1) is 8.13. The molecule has 0 aliphatic carbocycles. The summed E-state index contributed by atoms with van der Waals surface area (Å²) < 4.78 is 10.4. The van der Waals surface area contributed by atoms with Crippen LogP contribution in [0.5, 0.6) is 0 Å². The SMILES string of the molecule is CCCC(CC(=O)O)NC(=O)C1COCCO1. The highest BCUT2D eigenvalue weighted by Gasteiger charge is 2.25. The maximum absolute atomic E-state index is 11.8. The van der Waals surface area contributed by atoms with Gasteiger partial charge < -0.3 is 19.9 Å². The van der Waals surface area contributed by atoms with Crippen LogP contribution in [-0.2, 0) is 19.1 Å². The Labute approximate surface area is 100 Å². The van der Waals surface area contributed by atoms with Gasteiger partial charge in [0, 0.05) is 6.04 Å². The Balaban J connectivity index is 2.41. The van der Waals surface area contributed by atoms with Crippen molar-refractivity contribution in [3.05, 3.63) is 0 Å². The molecular weight excluding hydrogens is 226 g/mol. The van der Waals surface area contributed by atoms with E-state index in [0.717, 1.165) is 6.42 Å². The summed E-state index contributed by atoms with van der Waals surface area (Å²) in [7, 11) is 0. The summed E-state index contributed by atoms with van der Waals surface area (Å²) in [4.78, 5) is 22.4. The Morgan fingerprint density at radius 2 is 2.24 bits per heavy atom. The van der Waals surface area contributed by atoms with Gasteiger partial charge in [0.2, 0.25) is 0 Å². The third-order valence-corrected chi connectivity index (χ3v) is 2.51. The fourth-order valence-electron chi connectivity index (χ4n) is 1.72. The summed E-state index contributed by atoms with van der Waals surface area (Å²) in [6.07, 6.45) is 0.788. The van der Waals surface area contributed by atoms with Crippen LogP contribution in [0.3, 0.4) is 0 Å². The molecule has 0 aromatic carbocycles. The minimum atomic E-state index is -0.912. The highest BCUT2D eigenvalue weighted by molar-refractivity contribution is 5.82. The standard InChI is InChI=1S/C11H19NO5/c1-2-3-8(6-10(13)14)12-11(15)9-7-16-4-5-17-9/h8-9H,2-7H2,1H3,(H,12,15)(H,13,14). The van der Waals surface area contributed by atoms with Crippen LogP contribution in [0.1, 0.15) is 26.2 Å². The maximum atomic E-state index is 11.8. The van der Waals surface area contributed by atoms with E-state index in [1.807, 2.05) is 6.92 Å². The molecule has 0 bridgehead atoms. The second kappa shape index (κ2) is 7.24. The molecule has 98 valence electrons. The molecule has 1 aliphatic rings. The van der Waals surface area contributed by atoms with Crippen LogP contribution in [0, 0.1) is 0 Å². The number of nitrogens with one attached hydrogen (secondary N) is 1. The molecule has 1 rings (SSSR count). The van der Waals surface area contributed by atoms with Crippen molar-refractivity contribution in [2.45, 2.75) is 38.3 Å². The Morgan fingerprint density at radius 3 is 2.76 bits per heavy atom. The number of carboxylic acid groups (broad SMARTS) is 1. The number of carbonyl (C=O) groups is 2. The fraction of sp³-hybridized carbons (Fsp3) is 0.818. The monoisotopic (exact) mass is 245 g/mol. The number of aliphatic carboxylic acids is 1. The summed E-state index contributed by atoms with van der Waals surface area (Å²) >= 11 is 0. The van der Waals surface area contributed by atoms with Gasteiger partial charge in [-0.25, -0.2) is 0 Å². The van der Waals surface area contributed by atoms with Gasteiger partial charge in [-0.2, -0.15) is 0 Å². The van der Waals surface area contributed by atoms with Crippen LogP contribution in [-0.4, -0.2) is 48.9 Å². The van der Waals surface area contributed by atoms with Gasteiger partial charge in [0.25, 0.3) is 5.91 Å². The van der Waals surface area contributed by atoms with Crippen molar-refractivity contribution >= 4 is 11.9 Å². The van der Waals surface area contributed by atoms with Gasteiger partial charge in [-0.15, -0.1) is 0 Å². The number of hydrogen-bond donors (Lipinski definition) is 2. The molecule has 6 heteroatoms. The first kappa shape index (κ1) is 13.9. The van der Waals surface area contributed by atoms with Gasteiger partial charge >= 0.3 is 5.97 Å². The van der Waals surface area contributed by atoms with Crippen molar-refractivity contribution in [1.82, 2.24) is 5.32 Å². The van der Waals surface area contributed by atoms with E-state index < -0.39 is 12.1 Å². The number of amides is 1. The molecule has 1 aliphatic heterocycles. The Bertz CT molecular complexity index is 263. The Hall–Kier alpha value is -1.14. The predicted octanol–water partition coefficient (Wildman–Crippen LogP) is 0.161. The van der Waals surface area contributed by atoms with E-state index in [4.69, 9.17) is 14.6 Å². The van der Waals surface area contributed by atoms with Gasteiger partial charge in [0.05, 0.1) is 26.2 Å². The van der Waals surface area contributed by atoms with E-state index in [2.05, 4.69) is 5.32 Å². The first-order valence-corrected chi connectivity index (χ1v) is 5.85. The van der Waals surface area contributed by atoms with Crippen molar-refractivity contribution in [2.75, 3.05) is 19.8 Å². The molecule has 0 saturated carbocycles. The van der Waals surface area contributed by atoms with Crippen molar-refractivity contribution in [3.8, 4) is 0 Å². The zero-order valence-corrected chi connectivity index (χ0v) is 9.98. The largest absolute Gasteiger partial charge is 0.481 e. The molecule has 0 radical (unpaired) electrons. The molecule has 0 spiro atoms. The molecule has 17 heavy (non-hydrogen) atoms. The summed E-state index contributed by atoms with van der Waals surface area (Å²) in [5.41, 5.74) is 0. The number of rotatable bonds is 6. The molecule has 0 aromatic rings. The van der Waals surface area contributed by atoms with Crippen LogP contribution < -0.4 is 5.32 Å². The van der Waals surface area contributed by atoms with E-state index in [1.165, 1.54) is 0 Å². The number of carbonyl (C=O) groups excluding carboxylic acids is 1. The van der Waals surface area contributed by atoms with Gasteiger partial charge in [-0.05, 0) is 6.42 Å². The van der Waals surface area contributed by atoms with E-state index >= 15 is 0 Å². The zero-order valence-electron chi connectivity index (χ0n) is 9.98. The highest BCUT2D eigenvalue weighted by Crippen LogP contribution is 2.05. The van der Waals surface area contributed by atoms with Crippen LogP contribution in [0.15, 0.2) is 0 Å². The molecule has 1 amide bonds. The maximum Gasteiger partial charge on any atom is 0.305 e. The zero-order chi connectivity index (χ0) is 12.7. The lowest BCUT2D eigenvalue weighted by atomic mass is 10.1. The van der Waals surface area contributed by atoms with Gasteiger partial charge in [-0.3, -0.25) is 9.59 Å². The quantitative estimate of drug-likeness (QED) is 0.696. The van der Waals surface area contributed by atoms with E-state index in [-0.39, 0.29) is 25.0 Å². The number of ether oxygens (including phenoxy) is 2. The lowest BCUT2D eigenvalue weighted by Gasteiger charge is -2.24. The number of hydrogen-bond acceptors (Lipinski definition) is 4. The minimum absolute atomic E-state index is 0.0623. The Morgan fingerprint density at radius 1 is 1.47 bits per heavy atom. The van der Waals surface area contributed by atoms with Crippen molar-refractivity contribution in [2.24, 2.45) is 0 Å². The summed E-state index contributed by atoms with van der Waals surface area (Å²) in [5, 5.41) is 11.4. The van der Waals surface area contributed by atoms with Crippen LogP contribution >= 0.6 is 0 Å². The second-order valence-electron chi connectivity index (χ2n) is 4.03. The predicted molar refractivity (Wildman–Crippen MR) is 59.7 cm³/mol. The topological polar surface area (TPSA) is 84.9 Å². The lowest BCUT2D eigenvalue weighted by molar-refractivity contribution is -0.148. The fourth-order valence-corrected chi connectivity index (χ4v) is 1.72. The second-order valence-corrected chi connectivity index (χ2v) is 4.03. The Kier molecular flexibility index (Phi) is 5.93. The molecule has 6 nitrogen and oxygen atoms in total. The molecule has 2 N–H and O–H groups in total. The van der Waals surface area contributed by atoms with Crippen LogP contribution in [0.25, 0.3) is 0 Å². The normalized spacial score (nSPS) is 21.8. The molecule has 2 atom stereocenters. The molecule has 0 aromatic heterocycles. The third kappa shape index (κ3) is 5.14. The minimum Gasteiger partial charge on any atom is -0.481 e. The van der Waals surface area contributed by atoms with Crippen LogP contribution in [0.2, 0.25) is 0 Å². The van der Waals surface area contributed by atoms with E-state index in [0.29, 0.717) is 19.6 Å². The van der Waals surface area contributed by atoms with Gasteiger partial charge in [-0.1, -0.05) is 13.3 Å². The molecule has 1 heterocycles. The lowest BCUT2D eigenvalue weighted by Crippen LogP contribution is -2.47. The third-order valence-electron chi connectivity index (χ3n) is 2.51. The average Bonchev–Trinajstić information content (AvgIpc) is 2.29. The number of carboxylic acids is 1. The van der Waals surface area contributed by atoms with Crippen molar-refractivity contribution in [1.29, 1.82) is 0 Å². The summed E-state index contributed by atoms with van der Waals surface area (Å²) in [6.45, 7) is 3.08. The summed E-state index contributed by atoms with van der Waals surface area (Å²) in [6, 6.07) is -0.337. The van der Waals surface area contributed by atoms with Crippen molar-refractivity contribution in [3.63, 3.8) is 0 Å². The summed E-state index contributed by atoms with van der Waals surface area (Å²) in [5.74, 6) is -1.20. The molecule has 1 fully saturated rings. The van der Waals surface area contributed by atoms with E-state index in [1.54, 1.807) is 0 Å². The van der Waals surface area contributed by atoms with Crippen LogP contribution in [0.4, 0.5) is 0 Å². The van der Waals surface area contributed by atoms with E-state index in [9.17, 15) is 9.59 Å². The van der Waals surface area contributed by atoms with Crippen molar-refractivity contribution < 1.29 is 24.2 Å². The molecule has 1 saturated heterocycles. The smallest absolute Gasteiger partial charge is 0.305 e. The van der Waals surface area contributed by atoms with Gasteiger partial charge in [0.1, 0.15) is 0 Å². The van der Waals surface area contributed by atoms with Gasteiger partial charge in [0.15, 0.2) is 6.10 Å². The highest BCUT2D eigenvalue weighted by atomic mass is 16.6. The molecule has 2 unspecified atom stereocenters. The first-order valence-electron chi connectivity index (χ1n) is 5.85.